The smallest absolute Gasteiger partial charge is 0.281 e. The molecule has 0 saturated carbocycles. The predicted octanol–water partition coefficient (Wildman–Crippen LogP) is 5.91. The van der Waals surface area contributed by atoms with Gasteiger partial charge in [0.05, 0.1) is 30.0 Å². The van der Waals surface area contributed by atoms with Crippen LogP contribution in [0.15, 0.2) is 79.1 Å². The van der Waals surface area contributed by atoms with Crippen molar-refractivity contribution in [1.82, 2.24) is 19.5 Å². The number of aromatic nitrogens is 6. The van der Waals surface area contributed by atoms with Gasteiger partial charge in [-0.25, -0.2) is 14.1 Å². The van der Waals surface area contributed by atoms with Crippen LogP contribution in [0.1, 0.15) is 36.6 Å². The molecule has 6 nitrogen and oxygen atoms in total. The first kappa shape index (κ1) is 26.7. The monoisotopic (exact) mass is 585 g/mol. The van der Waals surface area contributed by atoms with Gasteiger partial charge in [-0.3, -0.25) is 0 Å². The summed E-state index contributed by atoms with van der Waals surface area (Å²) in [6.45, 7) is 6.03. The second-order valence-electron chi connectivity index (χ2n) is 9.94. The summed E-state index contributed by atoms with van der Waals surface area (Å²) in [5.41, 5.74) is 10.4. The number of hydrogen-bond acceptors (Lipinski definition) is 1. The molecule has 0 spiro atoms. The van der Waals surface area contributed by atoms with Crippen molar-refractivity contribution in [3.05, 3.63) is 109 Å². The summed E-state index contributed by atoms with van der Waals surface area (Å²) in [5, 5.41) is 0. The van der Waals surface area contributed by atoms with Crippen molar-refractivity contribution in [2.45, 2.75) is 26.9 Å². The molecule has 8 bridgehead atoms. The number of imidazole rings is 1. The van der Waals surface area contributed by atoms with Crippen molar-refractivity contribution in [3.63, 3.8) is 0 Å². The first-order valence-electron chi connectivity index (χ1n) is 13.7. The molecule has 0 radical (unpaired) electrons. The average Bonchev–Trinajstić information content (AvgIpc) is 3.81. The minimum Gasteiger partial charge on any atom is -0.658 e. The van der Waals surface area contributed by atoms with E-state index in [-0.39, 0.29) is 19.5 Å². The maximum absolute atomic E-state index is 5.10. The number of benzene rings is 1. The molecule has 41 heavy (non-hydrogen) atoms. The summed E-state index contributed by atoms with van der Waals surface area (Å²) < 4.78 is 6.53. The van der Waals surface area contributed by atoms with Crippen molar-refractivity contribution in [2.75, 3.05) is 0 Å². The first-order valence-corrected chi connectivity index (χ1v) is 13.7. The normalized spacial score (nSPS) is 12.0. The Morgan fingerprint density at radius 3 is 2.29 bits per heavy atom. The van der Waals surface area contributed by atoms with Gasteiger partial charge in [-0.05, 0) is 37.1 Å². The third-order valence-electron chi connectivity index (χ3n) is 7.55. The summed E-state index contributed by atoms with van der Waals surface area (Å²) in [4.78, 5) is 15.1. The fourth-order valence-electron chi connectivity index (χ4n) is 5.58. The Morgan fingerprint density at radius 1 is 0.829 bits per heavy atom. The van der Waals surface area contributed by atoms with E-state index in [4.69, 9.17) is 15.0 Å². The molecule has 2 aliphatic rings. The van der Waals surface area contributed by atoms with Crippen LogP contribution in [0.5, 0.6) is 0 Å². The molecule has 2 aliphatic heterocycles. The Balaban J connectivity index is 0.00000302. The Morgan fingerprint density at radius 2 is 1.56 bits per heavy atom. The molecular weight excluding hydrogens is 558 g/mol. The van der Waals surface area contributed by atoms with Crippen molar-refractivity contribution >= 4 is 46.4 Å². The third-order valence-corrected chi connectivity index (χ3v) is 7.55. The zero-order chi connectivity index (χ0) is 27.2. The molecule has 0 fully saturated rings. The van der Waals surface area contributed by atoms with E-state index in [9.17, 15) is 0 Å². The van der Waals surface area contributed by atoms with E-state index in [2.05, 4.69) is 103 Å². The fourth-order valence-corrected chi connectivity index (χ4v) is 5.58. The van der Waals surface area contributed by atoms with Gasteiger partial charge in [-0.1, -0.05) is 78.9 Å². The maximum atomic E-state index is 5.10. The van der Waals surface area contributed by atoms with Crippen LogP contribution < -0.4 is 19.1 Å². The average molecular weight is 587 g/mol. The molecule has 0 amide bonds. The SMILES string of the molecule is [CH2-][n+]1c2cc3ccc([n-]3)c(-c3ccccc3)c3nc(cc4ccc([n-]4)c(-c4n(CC)cc[n+]4CC)c1C=C2)C=C3.[Zn]. The summed E-state index contributed by atoms with van der Waals surface area (Å²) in [7, 11) is 4.47. The molecule has 4 aromatic heterocycles. The molecule has 5 aromatic rings. The van der Waals surface area contributed by atoms with E-state index in [1.807, 2.05) is 34.9 Å². The van der Waals surface area contributed by atoms with E-state index >= 15 is 0 Å². The second-order valence-corrected chi connectivity index (χ2v) is 9.94. The molecule has 6 heterocycles. The molecular formula is C34H29N6Zn-. The number of rotatable bonds is 4. The van der Waals surface area contributed by atoms with Gasteiger partial charge in [0.1, 0.15) is 23.8 Å². The van der Waals surface area contributed by atoms with E-state index in [1.54, 1.807) is 0 Å². The van der Waals surface area contributed by atoms with E-state index in [0.717, 1.165) is 80.4 Å². The molecule has 0 N–H and O–H groups in total. The Labute approximate surface area is 252 Å². The predicted molar refractivity (Wildman–Crippen MR) is 160 cm³/mol. The molecule has 0 saturated heterocycles. The van der Waals surface area contributed by atoms with Crippen LogP contribution in [0.3, 0.4) is 0 Å². The fraction of sp³-hybridized carbons (Fsp3) is 0.118. The van der Waals surface area contributed by atoms with Crippen molar-refractivity contribution in [1.29, 1.82) is 0 Å². The van der Waals surface area contributed by atoms with E-state index in [1.165, 1.54) is 0 Å². The first-order chi connectivity index (χ1) is 19.6. The number of fused-ring (bicyclic) bond motifs is 8. The van der Waals surface area contributed by atoms with Gasteiger partial charge in [0.25, 0.3) is 5.82 Å². The van der Waals surface area contributed by atoms with Crippen molar-refractivity contribution < 1.29 is 28.6 Å². The van der Waals surface area contributed by atoms with Crippen molar-refractivity contribution in [3.8, 4) is 22.5 Å². The van der Waals surface area contributed by atoms with Crippen LogP contribution in [0.2, 0.25) is 0 Å². The molecule has 198 valence electrons. The zero-order valence-electron chi connectivity index (χ0n) is 23.3. The third kappa shape index (κ3) is 4.66. The van der Waals surface area contributed by atoms with Crippen LogP contribution in [0.4, 0.5) is 0 Å². The summed E-state index contributed by atoms with van der Waals surface area (Å²) in [5.74, 6) is 1.11. The van der Waals surface area contributed by atoms with Gasteiger partial charge in [0.15, 0.2) is 0 Å². The molecule has 0 aliphatic carbocycles. The van der Waals surface area contributed by atoms with Gasteiger partial charge in [-0.15, -0.1) is 22.1 Å². The number of aryl methyl sites for hydroxylation is 2. The van der Waals surface area contributed by atoms with E-state index < -0.39 is 0 Å². The van der Waals surface area contributed by atoms with Crippen LogP contribution in [0.25, 0.3) is 68.9 Å². The van der Waals surface area contributed by atoms with Gasteiger partial charge in [-0.2, -0.15) is 0 Å². The molecule has 1 aromatic carbocycles. The number of nitrogens with zero attached hydrogens (tertiary/aromatic N) is 6. The van der Waals surface area contributed by atoms with Gasteiger partial charge in [0, 0.05) is 26.5 Å². The Hall–Kier alpha value is -4.48. The van der Waals surface area contributed by atoms with Crippen LogP contribution in [-0.2, 0) is 32.6 Å². The summed E-state index contributed by atoms with van der Waals surface area (Å²) >= 11 is 0. The number of hydrogen-bond donors (Lipinski definition) is 0. The molecule has 7 rings (SSSR count). The van der Waals surface area contributed by atoms with Crippen LogP contribution >= 0.6 is 0 Å². The van der Waals surface area contributed by atoms with Gasteiger partial charge in [0.2, 0.25) is 0 Å². The maximum Gasteiger partial charge on any atom is 0.281 e. The van der Waals surface area contributed by atoms with Gasteiger partial charge < -0.3 is 14.5 Å². The Bertz CT molecular complexity index is 1970. The molecule has 0 atom stereocenters. The minimum atomic E-state index is 0. The largest absolute Gasteiger partial charge is 0.658 e. The van der Waals surface area contributed by atoms with E-state index in [0.29, 0.717) is 0 Å². The summed E-state index contributed by atoms with van der Waals surface area (Å²) in [6.07, 6.45) is 12.6. The summed E-state index contributed by atoms with van der Waals surface area (Å²) in [6, 6.07) is 22.7. The van der Waals surface area contributed by atoms with Gasteiger partial charge >= 0.3 is 0 Å². The quantitative estimate of drug-likeness (QED) is 0.146. The standard InChI is InChI=1S/C34H29N6.Zn/c1-4-39-19-20-40(5-2)34(39)33-30-17-12-25(36-30)21-24-11-15-28(35-24)32(23-9-7-6-8-10-23)29-16-13-26(37-29)22-27-14-18-31(33)38(27)3;/h6-22H,3-5H2,1-2H3;/q-1;. The van der Waals surface area contributed by atoms with Crippen LogP contribution in [0, 0.1) is 7.05 Å². The Kier molecular flexibility index (Phi) is 7.06. The van der Waals surface area contributed by atoms with Crippen molar-refractivity contribution in [2.24, 2.45) is 0 Å². The van der Waals surface area contributed by atoms with Crippen LogP contribution in [-0.4, -0.2) is 9.55 Å². The topological polar surface area (TPSA) is 53.8 Å². The zero-order valence-corrected chi connectivity index (χ0v) is 26.3. The molecule has 0 unspecified atom stereocenters. The minimum absolute atomic E-state index is 0. The molecule has 7 heteroatoms. The second kappa shape index (κ2) is 10.8.